The van der Waals surface area contributed by atoms with Crippen molar-refractivity contribution < 1.29 is 14.7 Å². The third kappa shape index (κ3) is 4.63. The average Bonchev–Trinajstić information content (AvgIpc) is 2.36. The molecule has 0 spiro atoms. The van der Waals surface area contributed by atoms with E-state index in [-0.39, 0.29) is 31.2 Å². The van der Waals surface area contributed by atoms with Gasteiger partial charge in [-0.25, -0.2) is 4.98 Å². The van der Waals surface area contributed by atoms with E-state index in [4.69, 9.17) is 10.8 Å². The molecule has 4 N–H and O–H groups in total. The van der Waals surface area contributed by atoms with E-state index in [0.717, 1.165) is 0 Å². The Morgan fingerprint density at radius 1 is 1.44 bits per heavy atom. The summed E-state index contributed by atoms with van der Waals surface area (Å²) in [6, 6.07) is 3.14. The average molecular weight is 247 g/mol. The van der Waals surface area contributed by atoms with Gasteiger partial charge in [0.2, 0.25) is 5.91 Å². The Morgan fingerprint density at radius 2 is 2.22 bits per heavy atom. The predicted octanol–water partition coefficient (Wildman–Crippen LogP) is -0.969. The van der Waals surface area contributed by atoms with Crippen LogP contribution < -0.4 is 11.1 Å². The van der Waals surface area contributed by atoms with Gasteiger partial charge in [-0.15, -0.1) is 0 Å². The molecule has 6 nitrogen and oxygen atoms in total. The van der Waals surface area contributed by atoms with Gasteiger partial charge in [0.1, 0.15) is 12.3 Å². The second kappa shape index (κ2) is 7.04. The molecule has 1 aromatic heterocycles. The molecule has 1 heterocycles. The van der Waals surface area contributed by atoms with Crippen molar-refractivity contribution in [3.05, 3.63) is 29.6 Å². The zero-order valence-corrected chi connectivity index (χ0v) is 9.64. The number of nitrogens with two attached hydrogens (primary N) is 1. The zero-order chi connectivity index (χ0) is 13.4. The van der Waals surface area contributed by atoms with E-state index in [1.165, 1.54) is 12.3 Å². The summed E-state index contributed by atoms with van der Waals surface area (Å²) in [7, 11) is 0. The summed E-state index contributed by atoms with van der Waals surface area (Å²) >= 11 is 0. The second-order valence-corrected chi connectivity index (χ2v) is 3.36. The lowest BCUT2D eigenvalue weighted by Gasteiger charge is -2.02. The standard InChI is InChI=1S/C12H13N3O3/c13-11(17)5-6-14-12(18)10-4-3-9(8-15-10)2-1-7-16/h3-4,8,16H,5-7H2,(H2,13,17)(H,14,18). The molecule has 1 rings (SSSR count). The lowest BCUT2D eigenvalue weighted by molar-refractivity contribution is -0.117. The molecule has 0 fully saturated rings. The van der Waals surface area contributed by atoms with Gasteiger partial charge in [-0.05, 0) is 12.1 Å². The maximum absolute atomic E-state index is 11.5. The van der Waals surface area contributed by atoms with Crippen molar-refractivity contribution in [3.8, 4) is 11.8 Å². The van der Waals surface area contributed by atoms with E-state index in [2.05, 4.69) is 22.1 Å². The molecule has 0 unspecified atom stereocenters. The van der Waals surface area contributed by atoms with Crippen LogP contribution in [-0.2, 0) is 4.79 Å². The number of carbonyl (C=O) groups excluding carboxylic acids is 2. The summed E-state index contributed by atoms with van der Waals surface area (Å²) in [5.41, 5.74) is 5.78. The number of amides is 2. The maximum atomic E-state index is 11.5. The Hall–Kier alpha value is -2.39. The van der Waals surface area contributed by atoms with Gasteiger partial charge in [0.25, 0.3) is 5.91 Å². The number of aliphatic hydroxyl groups excluding tert-OH is 1. The van der Waals surface area contributed by atoms with Gasteiger partial charge in [0.05, 0.1) is 0 Å². The smallest absolute Gasteiger partial charge is 0.269 e. The van der Waals surface area contributed by atoms with E-state index in [9.17, 15) is 9.59 Å². The van der Waals surface area contributed by atoms with Crippen LogP contribution in [-0.4, -0.2) is 35.1 Å². The van der Waals surface area contributed by atoms with Crippen LogP contribution in [0.25, 0.3) is 0 Å². The van der Waals surface area contributed by atoms with Crippen LogP contribution in [0.4, 0.5) is 0 Å². The second-order valence-electron chi connectivity index (χ2n) is 3.36. The van der Waals surface area contributed by atoms with Crippen molar-refractivity contribution in [2.24, 2.45) is 5.73 Å². The van der Waals surface area contributed by atoms with Gasteiger partial charge in [-0.2, -0.15) is 0 Å². The molecule has 0 atom stereocenters. The summed E-state index contributed by atoms with van der Waals surface area (Å²) in [5.74, 6) is 4.29. The van der Waals surface area contributed by atoms with Gasteiger partial charge in [0, 0.05) is 24.7 Å². The van der Waals surface area contributed by atoms with Crippen LogP contribution in [0.1, 0.15) is 22.5 Å². The highest BCUT2D eigenvalue weighted by atomic mass is 16.2. The normalized spacial score (nSPS) is 9.17. The molecule has 0 radical (unpaired) electrons. The fourth-order valence-electron chi connectivity index (χ4n) is 1.13. The topological polar surface area (TPSA) is 105 Å². The summed E-state index contributed by atoms with van der Waals surface area (Å²) in [5, 5.41) is 11.0. The van der Waals surface area contributed by atoms with Crippen molar-refractivity contribution in [2.45, 2.75) is 6.42 Å². The zero-order valence-electron chi connectivity index (χ0n) is 9.64. The van der Waals surface area contributed by atoms with Crippen molar-refractivity contribution in [2.75, 3.05) is 13.2 Å². The molecule has 0 aromatic carbocycles. The molecular formula is C12H13N3O3. The first-order valence-electron chi connectivity index (χ1n) is 5.25. The number of aliphatic hydroxyl groups is 1. The van der Waals surface area contributed by atoms with E-state index in [0.29, 0.717) is 5.56 Å². The molecule has 6 heteroatoms. The molecule has 2 amide bonds. The molecule has 0 saturated heterocycles. The van der Waals surface area contributed by atoms with E-state index < -0.39 is 5.91 Å². The number of pyridine rings is 1. The summed E-state index contributed by atoms with van der Waals surface area (Å²) in [6.45, 7) is -0.0444. The highest BCUT2D eigenvalue weighted by Gasteiger charge is 2.06. The Bertz CT molecular complexity index is 486. The van der Waals surface area contributed by atoms with Crippen molar-refractivity contribution in [1.82, 2.24) is 10.3 Å². The lowest BCUT2D eigenvalue weighted by Crippen LogP contribution is -2.28. The summed E-state index contributed by atoms with van der Waals surface area (Å²) < 4.78 is 0. The molecule has 94 valence electrons. The number of nitrogens with one attached hydrogen (secondary N) is 1. The van der Waals surface area contributed by atoms with Crippen molar-refractivity contribution >= 4 is 11.8 Å². The Morgan fingerprint density at radius 3 is 2.78 bits per heavy atom. The quantitative estimate of drug-likeness (QED) is 0.595. The Balaban J connectivity index is 2.56. The number of rotatable bonds is 4. The first-order chi connectivity index (χ1) is 8.63. The molecule has 0 aliphatic rings. The van der Waals surface area contributed by atoms with E-state index in [1.54, 1.807) is 6.07 Å². The highest BCUT2D eigenvalue weighted by Crippen LogP contribution is 1.98. The van der Waals surface area contributed by atoms with Crippen LogP contribution in [0.3, 0.4) is 0 Å². The molecular weight excluding hydrogens is 234 g/mol. The largest absolute Gasteiger partial charge is 0.384 e. The number of nitrogens with zero attached hydrogens (tertiary/aromatic N) is 1. The summed E-state index contributed by atoms with van der Waals surface area (Å²) in [6.07, 6.45) is 1.53. The Labute approximate surface area is 104 Å². The van der Waals surface area contributed by atoms with Gasteiger partial charge >= 0.3 is 0 Å². The van der Waals surface area contributed by atoms with E-state index >= 15 is 0 Å². The number of carbonyl (C=O) groups is 2. The molecule has 1 aromatic rings. The molecule has 18 heavy (non-hydrogen) atoms. The van der Waals surface area contributed by atoms with Crippen LogP contribution in [0.2, 0.25) is 0 Å². The molecule has 0 saturated carbocycles. The highest BCUT2D eigenvalue weighted by molar-refractivity contribution is 5.92. The molecule has 0 bridgehead atoms. The van der Waals surface area contributed by atoms with Gasteiger partial charge in [-0.1, -0.05) is 11.8 Å². The van der Waals surface area contributed by atoms with Crippen LogP contribution in [0.15, 0.2) is 18.3 Å². The number of hydrogen-bond donors (Lipinski definition) is 3. The lowest BCUT2D eigenvalue weighted by atomic mass is 10.2. The van der Waals surface area contributed by atoms with Gasteiger partial charge in [0.15, 0.2) is 0 Å². The minimum Gasteiger partial charge on any atom is -0.384 e. The number of primary amides is 1. The van der Waals surface area contributed by atoms with Crippen LogP contribution in [0, 0.1) is 11.8 Å². The summed E-state index contributed by atoms with van der Waals surface area (Å²) in [4.78, 5) is 25.9. The Kier molecular flexibility index (Phi) is 5.35. The third-order valence-corrected chi connectivity index (χ3v) is 1.96. The van der Waals surface area contributed by atoms with Crippen molar-refractivity contribution in [1.29, 1.82) is 0 Å². The minimum atomic E-state index is -0.474. The molecule has 0 aliphatic carbocycles. The first kappa shape index (κ1) is 13.7. The number of aromatic nitrogens is 1. The maximum Gasteiger partial charge on any atom is 0.269 e. The fraction of sp³-hybridized carbons (Fsp3) is 0.250. The molecule has 0 aliphatic heterocycles. The van der Waals surface area contributed by atoms with Crippen molar-refractivity contribution in [3.63, 3.8) is 0 Å². The monoisotopic (exact) mass is 247 g/mol. The first-order valence-corrected chi connectivity index (χ1v) is 5.25. The fourth-order valence-corrected chi connectivity index (χ4v) is 1.13. The van der Waals surface area contributed by atoms with Gasteiger partial charge in [-0.3, -0.25) is 9.59 Å². The number of hydrogen-bond acceptors (Lipinski definition) is 4. The van der Waals surface area contributed by atoms with Crippen LogP contribution in [0.5, 0.6) is 0 Å². The SMILES string of the molecule is NC(=O)CCNC(=O)c1ccc(C#CCO)cn1. The predicted molar refractivity (Wildman–Crippen MR) is 64.3 cm³/mol. The third-order valence-electron chi connectivity index (χ3n) is 1.96. The van der Waals surface area contributed by atoms with E-state index in [1.807, 2.05) is 0 Å². The minimum absolute atomic E-state index is 0.0891. The van der Waals surface area contributed by atoms with Crippen LogP contribution >= 0.6 is 0 Å². The van der Waals surface area contributed by atoms with Gasteiger partial charge < -0.3 is 16.2 Å².